The Hall–Kier alpha value is -3.33. The maximum absolute atomic E-state index is 12.9. The number of imide groups is 1. The summed E-state index contributed by atoms with van der Waals surface area (Å²) in [5, 5.41) is 2.33. The van der Waals surface area contributed by atoms with Gasteiger partial charge in [0, 0.05) is 25.1 Å². The lowest BCUT2D eigenvalue weighted by atomic mass is 9.87. The second-order valence-electron chi connectivity index (χ2n) is 9.39. The van der Waals surface area contributed by atoms with Crippen LogP contribution in [0.1, 0.15) is 58.6 Å². The van der Waals surface area contributed by atoms with Gasteiger partial charge in [-0.15, -0.1) is 0 Å². The summed E-state index contributed by atoms with van der Waals surface area (Å²) in [5.74, 6) is -0.315. The van der Waals surface area contributed by atoms with Gasteiger partial charge in [0.05, 0.1) is 0 Å². The summed E-state index contributed by atoms with van der Waals surface area (Å²) in [5.41, 5.74) is 3.68. The zero-order valence-electron chi connectivity index (χ0n) is 19.2. The number of piperidine rings is 2. The molecule has 0 saturated carbocycles. The molecule has 2 saturated heterocycles. The average molecular weight is 484 g/mol. The van der Waals surface area contributed by atoms with Gasteiger partial charge in [-0.3, -0.25) is 24.6 Å². The molecule has 184 valence electrons. The number of amides is 3. The van der Waals surface area contributed by atoms with E-state index in [9.17, 15) is 23.2 Å². The Kier molecular flexibility index (Phi) is 6.51. The van der Waals surface area contributed by atoms with Crippen LogP contribution in [0.2, 0.25) is 0 Å². The maximum atomic E-state index is 12.9. The van der Waals surface area contributed by atoms with Crippen LogP contribution in [0.4, 0.5) is 8.78 Å². The summed E-state index contributed by atoms with van der Waals surface area (Å²) < 4.78 is 29.5. The molecule has 5 rings (SSSR count). The third kappa shape index (κ3) is 5.05. The van der Waals surface area contributed by atoms with Crippen LogP contribution in [0, 0.1) is 0 Å². The van der Waals surface area contributed by atoms with Crippen molar-refractivity contribution in [3.8, 4) is 5.75 Å². The minimum atomic E-state index is -2.83. The smallest absolute Gasteiger partial charge is 0.387 e. The highest BCUT2D eigenvalue weighted by Crippen LogP contribution is 2.34. The van der Waals surface area contributed by atoms with Crippen LogP contribution in [0.25, 0.3) is 0 Å². The summed E-state index contributed by atoms with van der Waals surface area (Å²) in [4.78, 5) is 40.5. The summed E-state index contributed by atoms with van der Waals surface area (Å²) in [6, 6.07) is 12.2. The summed E-state index contributed by atoms with van der Waals surface area (Å²) in [6.45, 7) is -0.0251. The van der Waals surface area contributed by atoms with Crippen molar-refractivity contribution >= 4 is 17.7 Å². The fourth-order valence-corrected chi connectivity index (χ4v) is 5.35. The molecule has 2 aromatic rings. The predicted octanol–water partition coefficient (Wildman–Crippen LogP) is 3.43. The van der Waals surface area contributed by atoms with Gasteiger partial charge in [-0.05, 0) is 73.2 Å². The van der Waals surface area contributed by atoms with Gasteiger partial charge in [0.15, 0.2) is 0 Å². The number of halogens is 2. The van der Waals surface area contributed by atoms with E-state index in [-0.39, 0.29) is 24.0 Å². The second-order valence-corrected chi connectivity index (χ2v) is 9.39. The molecule has 0 radical (unpaired) electrons. The fraction of sp³-hybridized carbons (Fsp3) is 0.423. The topological polar surface area (TPSA) is 79.0 Å². The molecule has 0 spiro atoms. The highest BCUT2D eigenvalue weighted by molar-refractivity contribution is 6.05. The lowest BCUT2D eigenvalue weighted by Crippen LogP contribution is -2.52. The van der Waals surface area contributed by atoms with Crippen LogP contribution in [0.15, 0.2) is 42.5 Å². The fourth-order valence-electron chi connectivity index (χ4n) is 5.35. The number of nitrogens with zero attached hydrogens (tertiary/aromatic N) is 2. The summed E-state index contributed by atoms with van der Waals surface area (Å²) in [6.07, 6.45) is 2.50. The van der Waals surface area contributed by atoms with Gasteiger partial charge in [-0.2, -0.15) is 8.78 Å². The molecule has 9 heteroatoms. The lowest BCUT2D eigenvalue weighted by molar-refractivity contribution is -0.136. The van der Waals surface area contributed by atoms with Crippen molar-refractivity contribution in [3.63, 3.8) is 0 Å². The monoisotopic (exact) mass is 483 g/mol. The van der Waals surface area contributed by atoms with Gasteiger partial charge >= 0.3 is 6.61 Å². The van der Waals surface area contributed by atoms with Gasteiger partial charge in [-0.1, -0.05) is 24.3 Å². The van der Waals surface area contributed by atoms with E-state index in [1.54, 1.807) is 17.0 Å². The molecule has 1 N–H and O–H groups in total. The summed E-state index contributed by atoms with van der Waals surface area (Å²) >= 11 is 0. The number of likely N-dealkylation sites (tertiary alicyclic amines) is 1. The quantitative estimate of drug-likeness (QED) is 0.637. The Bertz CT molecular complexity index is 1150. The van der Waals surface area contributed by atoms with Crippen LogP contribution < -0.4 is 10.1 Å². The van der Waals surface area contributed by atoms with E-state index in [1.807, 2.05) is 18.2 Å². The first-order chi connectivity index (χ1) is 16.9. The zero-order valence-corrected chi connectivity index (χ0v) is 19.2. The van der Waals surface area contributed by atoms with Crippen molar-refractivity contribution in [2.75, 3.05) is 13.1 Å². The molecular formula is C26H27F2N3O4. The summed E-state index contributed by atoms with van der Waals surface area (Å²) in [7, 11) is 0. The molecule has 2 aromatic carbocycles. The third-order valence-corrected chi connectivity index (χ3v) is 7.14. The zero-order chi connectivity index (χ0) is 24.5. The van der Waals surface area contributed by atoms with Crippen molar-refractivity contribution < 1.29 is 27.9 Å². The van der Waals surface area contributed by atoms with Crippen molar-refractivity contribution in [1.29, 1.82) is 0 Å². The van der Waals surface area contributed by atoms with Gasteiger partial charge in [0.25, 0.3) is 5.91 Å². The first kappa shape index (κ1) is 23.4. The molecule has 7 nitrogen and oxygen atoms in total. The Labute approximate surface area is 202 Å². The normalized spacial score (nSPS) is 21.4. The molecule has 3 heterocycles. The van der Waals surface area contributed by atoms with E-state index in [0.29, 0.717) is 31.0 Å². The number of rotatable bonds is 6. The van der Waals surface area contributed by atoms with Crippen LogP contribution in [0.3, 0.4) is 0 Å². The molecule has 3 aliphatic heterocycles. The van der Waals surface area contributed by atoms with Gasteiger partial charge in [-0.25, -0.2) is 0 Å². The largest absolute Gasteiger partial charge is 0.435 e. The molecule has 1 atom stereocenters. The van der Waals surface area contributed by atoms with Gasteiger partial charge < -0.3 is 9.64 Å². The van der Waals surface area contributed by atoms with Crippen LogP contribution in [-0.2, 0) is 22.7 Å². The molecule has 0 aliphatic carbocycles. The highest BCUT2D eigenvalue weighted by atomic mass is 19.3. The number of alkyl halides is 2. The molecule has 0 aromatic heterocycles. The number of nitrogens with one attached hydrogen (secondary N) is 1. The standard InChI is InChI=1S/C26H27F2N3O4/c27-26(28)35-20-3-1-2-16(12-20)14-30-10-8-17(9-11-30)18-4-5-21-19(13-18)15-31(25(21)34)22-6-7-23(32)29-24(22)33/h1-5,12-13,17,22,26H,6-11,14-15H2,(H,29,32,33). The molecule has 3 aliphatic rings. The number of ether oxygens (including phenoxy) is 1. The van der Waals surface area contributed by atoms with Crippen molar-refractivity contribution in [2.45, 2.75) is 57.3 Å². The molecule has 0 bridgehead atoms. The number of hydrogen-bond donors (Lipinski definition) is 1. The number of carbonyl (C=O) groups excluding carboxylic acids is 3. The average Bonchev–Trinajstić information content (AvgIpc) is 3.15. The van der Waals surface area contributed by atoms with Crippen LogP contribution in [-0.4, -0.2) is 53.3 Å². The second kappa shape index (κ2) is 9.73. The van der Waals surface area contributed by atoms with Gasteiger partial charge in [0.1, 0.15) is 11.8 Å². The Morgan fingerprint density at radius 1 is 1.03 bits per heavy atom. The van der Waals surface area contributed by atoms with E-state index in [2.05, 4.69) is 21.0 Å². The first-order valence-electron chi connectivity index (χ1n) is 11.9. The van der Waals surface area contributed by atoms with Crippen molar-refractivity contribution in [2.24, 2.45) is 0 Å². The highest BCUT2D eigenvalue weighted by Gasteiger charge is 2.39. The van der Waals surface area contributed by atoms with E-state index >= 15 is 0 Å². The third-order valence-electron chi connectivity index (χ3n) is 7.14. The van der Waals surface area contributed by atoms with E-state index in [1.165, 1.54) is 11.6 Å². The number of hydrogen-bond acceptors (Lipinski definition) is 5. The molecular weight excluding hydrogens is 456 g/mol. The molecule has 3 amide bonds. The number of carbonyl (C=O) groups is 3. The van der Waals surface area contributed by atoms with Crippen LogP contribution >= 0.6 is 0 Å². The Morgan fingerprint density at radius 3 is 2.57 bits per heavy atom. The van der Waals surface area contributed by atoms with Gasteiger partial charge in [0.2, 0.25) is 11.8 Å². The molecule has 2 fully saturated rings. The predicted molar refractivity (Wildman–Crippen MR) is 123 cm³/mol. The SMILES string of the molecule is O=C1CCC(N2Cc3cc(C4CCN(Cc5cccc(OC(F)F)c5)CC4)ccc3C2=O)C(=O)N1. The number of benzene rings is 2. The molecule has 1 unspecified atom stereocenters. The van der Waals surface area contributed by atoms with Crippen molar-refractivity contribution in [1.82, 2.24) is 15.1 Å². The van der Waals surface area contributed by atoms with Crippen LogP contribution in [0.5, 0.6) is 5.75 Å². The number of fused-ring (bicyclic) bond motifs is 1. The van der Waals surface area contributed by atoms with E-state index in [0.717, 1.165) is 37.1 Å². The lowest BCUT2D eigenvalue weighted by Gasteiger charge is -2.32. The van der Waals surface area contributed by atoms with E-state index in [4.69, 9.17) is 0 Å². The Balaban J connectivity index is 1.19. The van der Waals surface area contributed by atoms with Crippen molar-refractivity contribution in [3.05, 3.63) is 64.7 Å². The van der Waals surface area contributed by atoms with E-state index < -0.39 is 18.6 Å². The molecule has 35 heavy (non-hydrogen) atoms. The minimum absolute atomic E-state index is 0.158. The maximum Gasteiger partial charge on any atom is 0.387 e. The first-order valence-corrected chi connectivity index (χ1v) is 11.9. The minimum Gasteiger partial charge on any atom is -0.435 e. The Morgan fingerprint density at radius 2 is 1.83 bits per heavy atom.